The van der Waals surface area contributed by atoms with Gasteiger partial charge < -0.3 is 5.32 Å². The molecule has 1 atom stereocenters. The van der Waals surface area contributed by atoms with Gasteiger partial charge in [0.2, 0.25) is 0 Å². The van der Waals surface area contributed by atoms with Gasteiger partial charge in [-0.25, -0.2) is 0 Å². The molecule has 3 rings (SSSR count). The van der Waals surface area contributed by atoms with E-state index >= 15 is 0 Å². The molecule has 1 heterocycles. The summed E-state index contributed by atoms with van der Waals surface area (Å²) in [6, 6.07) is 14.6. The van der Waals surface area contributed by atoms with Gasteiger partial charge in [0.25, 0.3) is 5.69 Å². The second kappa shape index (κ2) is 9.81. The fourth-order valence-corrected chi connectivity index (χ4v) is 4.61. The lowest BCUT2D eigenvalue weighted by molar-refractivity contribution is -0.384. The number of halogens is 1. The SMILES string of the molecule is CC(=O)C1=C(C)NC(SCC(=O)c2cccc([N+](=O)[O-])c2)=C(C#N)C1c1ccc(Cl)cc1. The minimum Gasteiger partial charge on any atom is -0.353 e. The molecular formula is C23H18ClN3O4S. The molecule has 1 aliphatic rings. The first-order chi connectivity index (χ1) is 15.2. The fraction of sp³-hybridized carbons (Fsp3) is 0.174. The zero-order valence-electron chi connectivity index (χ0n) is 17.2. The summed E-state index contributed by atoms with van der Waals surface area (Å²) in [7, 11) is 0. The molecule has 1 N–H and O–H groups in total. The summed E-state index contributed by atoms with van der Waals surface area (Å²) in [6.45, 7) is 3.19. The highest BCUT2D eigenvalue weighted by molar-refractivity contribution is 8.03. The number of nitrogens with one attached hydrogen (secondary N) is 1. The maximum Gasteiger partial charge on any atom is 0.270 e. The monoisotopic (exact) mass is 467 g/mol. The van der Waals surface area contributed by atoms with E-state index in [-0.39, 0.29) is 28.6 Å². The lowest BCUT2D eigenvalue weighted by Gasteiger charge is -2.29. The Labute approximate surface area is 193 Å². The number of nitro benzene ring substituents is 1. The molecule has 0 aromatic heterocycles. The quantitative estimate of drug-likeness (QED) is 0.340. The molecule has 7 nitrogen and oxygen atoms in total. The number of dihydropyridines is 1. The Morgan fingerprint density at radius 3 is 2.53 bits per heavy atom. The van der Waals surface area contributed by atoms with Crippen LogP contribution in [0.15, 0.2) is 70.4 Å². The third-order valence-electron chi connectivity index (χ3n) is 4.96. The van der Waals surface area contributed by atoms with Crippen LogP contribution in [0.3, 0.4) is 0 Å². The van der Waals surface area contributed by atoms with Crippen LogP contribution in [-0.4, -0.2) is 22.2 Å². The molecule has 32 heavy (non-hydrogen) atoms. The van der Waals surface area contributed by atoms with Crippen LogP contribution >= 0.6 is 23.4 Å². The number of Topliss-reactive ketones (excluding diaryl/α,β-unsaturated/α-hetero) is 2. The van der Waals surface area contributed by atoms with Gasteiger partial charge in [-0.15, -0.1) is 0 Å². The number of benzene rings is 2. The lowest BCUT2D eigenvalue weighted by atomic mass is 9.81. The first kappa shape index (κ1) is 23.3. The zero-order valence-corrected chi connectivity index (χ0v) is 18.8. The van der Waals surface area contributed by atoms with Gasteiger partial charge in [-0.2, -0.15) is 5.26 Å². The van der Waals surface area contributed by atoms with Crippen molar-refractivity contribution in [3.63, 3.8) is 0 Å². The van der Waals surface area contributed by atoms with E-state index in [0.717, 1.165) is 17.3 Å². The summed E-state index contributed by atoms with van der Waals surface area (Å²) in [5.41, 5.74) is 2.17. The van der Waals surface area contributed by atoms with Gasteiger partial charge in [0.15, 0.2) is 11.6 Å². The molecule has 162 valence electrons. The van der Waals surface area contributed by atoms with Crippen molar-refractivity contribution in [2.75, 3.05) is 5.75 Å². The summed E-state index contributed by atoms with van der Waals surface area (Å²) >= 11 is 7.12. The molecule has 0 bridgehead atoms. The van der Waals surface area contributed by atoms with Crippen LogP contribution in [0.4, 0.5) is 5.69 Å². The van der Waals surface area contributed by atoms with Gasteiger partial charge in [-0.1, -0.05) is 47.6 Å². The van der Waals surface area contributed by atoms with E-state index in [0.29, 0.717) is 26.9 Å². The van der Waals surface area contributed by atoms with Gasteiger partial charge in [-0.05, 0) is 31.5 Å². The van der Waals surface area contributed by atoms with Gasteiger partial charge >= 0.3 is 0 Å². The third kappa shape index (κ3) is 4.90. The van der Waals surface area contributed by atoms with Crippen molar-refractivity contribution in [1.29, 1.82) is 5.26 Å². The normalized spacial score (nSPS) is 15.8. The van der Waals surface area contributed by atoms with E-state index in [1.165, 1.54) is 31.2 Å². The van der Waals surface area contributed by atoms with Crippen LogP contribution < -0.4 is 5.32 Å². The topological polar surface area (TPSA) is 113 Å². The van der Waals surface area contributed by atoms with Crippen molar-refractivity contribution in [3.05, 3.63) is 96.7 Å². The van der Waals surface area contributed by atoms with E-state index in [2.05, 4.69) is 11.4 Å². The van der Waals surface area contributed by atoms with Crippen molar-refractivity contribution >= 4 is 40.6 Å². The van der Waals surface area contributed by atoms with Crippen LogP contribution in [0, 0.1) is 21.4 Å². The number of carbonyl (C=O) groups is 2. The van der Waals surface area contributed by atoms with Crippen LogP contribution in [0.5, 0.6) is 0 Å². The number of carbonyl (C=O) groups excluding carboxylic acids is 2. The molecule has 0 radical (unpaired) electrons. The van der Waals surface area contributed by atoms with E-state index in [4.69, 9.17) is 11.6 Å². The second-order valence-electron chi connectivity index (χ2n) is 7.08. The molecule has 1 unspecified atom stereocenters. The maximum absolute atomic E-state index is 12.6. The van der Waals surface area contributed by atoms with Gasteiger partial charge in [0.1, 0.15) is 0 Å². The molecular weight excluding hydrogens is 450 g/mol. The largest absolute Gasteiger partial charge is 0.353 e. The zero-order chi connectivity index (χ0) is 23.4. The molecule has 1 aliphatic heterocycles. The minimum absolute atomic E-state index is 0.0370. The molecule has 0 amide bonds. The van der Waals surface area contributed by atoms with E-state index in [1.54, 1.807) is 31.2 Å². The van der Waals surface area contributed by atoms with Crippen molar-refractivity contribution < 1.29 is 14.5 Å². The molecule has 0 fully saturated rings. The van der Waals surface area contributed by atoms with E-state index in [9.17, 15) is 25.0 Å². The Balaban J connectivity index is 1.93. The minimum atomic E-state index is -0.591. The van der Waals surface area contributed by atoms with Crippen molar-refractivity contribution in [2.45, 2.75) is 19.8 Å². The summed E-state index contributed by atoms with van der Waals surface area (Å²) in [5, 5.41) is 25.0. The molecule has 2 aromatic rings. The predicted molar refractivity (Wildman–Crippen MR) is 123 cm³/mol. The lowest BCUT2D eigenvalue weighted by Crippen LogP contribution is -2.27. The molecule has 2 aromatic carbocycles. The molecule has 0 saturated heterocycles. The standard InChI is InChI=1S/C23H18ClN3O4S/c1-13-21(14(2)28)22(15-6-8-17(24)9-7-15)19(11-25)23(26-13)32-12-20(29)16-4-3-5-18(10-16)27(30)31/h3-10,22,26H,12H2,1-2H3. The first-order valence-electron chi connectivity index (χ1n) is 9.51. The van der Waals surface area contributed by atoms with Crippen LogP contribution in [0.1, 0.15) is 35.7 Å². The highest BCUT2D eigenvalue weighted by Crippen LogP contribution is 2.41. The number of allylic oxidation sites excluding steroid dienone is 3. The fourth-order valence-electron chi connectivity index (χ4n) is 3.50. The van der Waals surface area contributed by atoms with Crippen LogP contribution in [0.25, 0.3) is 0 Å². The summed E-state index contributed by atoms with van der Waals surface area (Å²) < 4.78 is 0. The summed E-state index contributed by atoms with van der Waals surface area (Å²) in [4.78, 5) is 35.4. The van der Waals surface area contributed by atoms with Crippen molar-refractivity contribution in [1.82, 2.24) is 5.32 Å². The Bertz CT molecular complexity index is 1210. The number of nitrogens with zero attached hydrogens (tertiary/aromatic N) is 2. The number of thioether (sulfide) groups is 1. The van der Waals surface area contributed by atoms with E-state index in [1.807, 2.05) is 0 Å². The Hall–Kier alpha value is -3.41. The highest BCUT2D eigenvalue weighted by Gasteiger charge is 2.33. The Morgan fingerprint density at radius 2 is 1.94 bits per heavy atom. The van der Waals surface area contributed by atoms with Gasteiger partial charge in [-0.3, -0.25) is 19.7 Å². The summed E-state index contributed by atoms with van der Waals surface area (Å²) in [6.07, 6.45) is 0. The van der Waals surface area contributed by atoms with Gasteiger partial charge in [0.05, 0.1) is 33.3 Å². The van der Waals surface area contributed by atoms with Crippen molar-refractivity contribution in [2.24, 2.45) is 0 Å². The highest BCUT2D eigenvalue weighted by atomic mass is 35.5. The number of hydrogen-bond acceptors (Lipinski definition) is 7. The Kier molecular flexibility index (Phi) is 7.13. The average Bonchev–Trinajstić information content (AvgIpc) is 2.77. The molecule has 0 saturated carbocycles. The number of nitro groups is 1. The van der Waals surface area contributed by atoms with Crippen molar-refractivity contribution in [3.8, 4) is 6.07 Å². The Morgan fingerprint density at radius 1 is 1.25 bits per heavy atom. The number of non-ortho nitro benzene ring substituents is 1. The smallest absolute Gasteiger partial charge is 0.270 e. The number of hydrogen-bond donors (Lipinski definition) is 1. The summed E-state index contributed by atoms with van der Waals surface area (Å²) in [5.74, 6) is -1.11. The maximum atomic E-state index is 12.6. The van der Waals surface area contributed by atoms with Crippen LogP contribution in [0.2, 0.25) is 5.02 Å². The molecule has 0 spiro atoms. The number of rotatable bonds is 7. The molecule has 9 heteroatoms. The number of nitriles is 1. The second-order valence-corrected chi connectivity index (χ2v) is 8.50. The van der Waals surface area contributed by atoms with Gasteiger partial charge in [0, 0.05) is 34.0 Å². The number of ketones is 2. The average molecular weight is 468 g/mol. The van der Waals surface area contributed by atoms with Crippen LogP contribution in [-0.2, 0) is 4.79 Å². The molecule has 0 aliphatic carbocycles. The predicted octanol–water partition coefficient (Wildman–Crippen LogP) is 5.15. The van der Waals surface area contributed by atoms with E-state index < -0.39 is 10.8 Å². The third-order valence-corrected chi connectivity index (χ3v) is 6.23. The first-order valence-corrected chi connectivity index (χ1v) is 10.9.